The third-order valence-corrected chi connectivity index (χ3v) is 4.36. The number of nitrogens with zero attached hydrogens (tertiary/aromatic N) is 1. The molecule has 0 saturated carbocycles. The topological polar surface area (TPSA) is 15.3 Å². The smallest absolute Gasteiger partial charge is 0.0107 e. The molecular weight excluding hydrogens is 220 g/mol. The maximum atomic E-state index is 3.55. The molecule has 2 nitrogen and oxygen atoms in total. The molecule has 0 aromatic heterocycles. The summed E-state index contributed by atoms with van der Waals surface area (Å²) in [5.41, 5.74) is 0.495. The summed E-state index contributed by atoms with van der Waals surface area (Å²) in [6.07, 6.45) is 6.80. The highest BCUT2D eigenvalue weighted by molar-refractivity contribution is 4.78. The standard InChI is InChI=1S/C16H34N2/c1-5-6-10-17-11-14-18-12-7-8-15(9-13-18)16(2,3)4/h15,17H,5-14H2,1-4H3. The van der Waals surface area contributed by atoms with E-state index in [2.05, 4.69) is 37.9 Å². The minimum atomic E-state index is 0.495. The van der Waals surface area contributed by atoms with E-state index in [0.717, 1.165) is 5.92 Å². The molecule has 0 aromatic carbocycles. The van der Waals surface area contributed by atoms with Crippen LogP contribution in [0.5, 0.6) is 0 Å². The van der Waals surface area contributed by atoms with Crippen LogP contribution in [0.3, 0.4) is 0 Å². The average Bonchev–Trinajstić information content (AvgIpc) is 2.53. The lowest BCUT2D eigenvalue weighted by molar-refractivity contribution is 0.208. The van der Waals surface area contributed by atoms with E-state index >= 15 is 0 Å². The zero-order chi connectivity index (χ0) is 13.4. The number of likely N-dealkylation sites (tertiary alicyclic amines) is 1. The molecule has 2 heteroatoms. The molecule has 1 heterocycles. The van der Waals surface area contributed by atoms with E-state index in [-0.39, 0.29) is 0 Å². The monoisotopic (exact) mass is 254 g/mol. The van der Waals surface area contributed by atoms with E-state index in [1.54, 1.807) is 0 Å². The molecule has 1 unspecified atom stereocenters. The minimum absolute atomic E-state index is 0.495. The number of rotatable bonds is 6. The summed E-state index contributed by atoms with van der Waals surface area (Å²) in [7, 11) is 0. The van der Waals surface area contributed by atoms with Gasteiger partial charge in [0, 0.05) is 13.1 Å². The second kappa shape index (κ2) is 8.16. The molecule has 0 aliphatic carbocycles. The number of hydrogen-bond donors (Lipinski definition) is 1. The van der Waals surface area contributed by atoms with Gasteiger partial charge in [-0.15, -0.1) is 0 Å². The van der Waals surface area contributed by atoms with Crippen LogP contribution in [0.25, 0.3) is 0 Å². The van der Waals surface area contributed by atoms with Crippen LogP contribution in [0.4, 0.5) is 0 Å². The van der Waals surface area contributed by atoms with Crippen LogP contribution in [-0.2, 0) is 0 Å². The molecular formula is C16H34N2. The minimum Gasteiger partial charge on any atom is -0.315 e. The molecule has 0 bridgehead atoms. The van der Waals surface area contributed by atoms with Crippen molar-refractivity contribution in [2.45, 2.75) is 59.8 Å². The molecule has 0 amide bonds. The van der Waals surface area contributed by atoms with Gasteiger partial charge in [-0.1, -0.05) is 34.1 Å². The van der Waals surface area contributed by atoms with Crippen molar-refractivity contribution in [1.82, 2.24) is 10.2 Å². The fourth-order valence-electron chi connectivity index (χ4n) is 2.91. The predicted molar refractivity (Wildman–Crippen MR) is 81.0 cm³/mol. The van der Waals surface area contributed by atoms with Gasteiger partial charge in [0.25, 0.3) is 0 Å². The first-order chi connectivity index (χ1) is 8.54. The Bertz CT molecular complexity index is 208. The maximum Gasteiger partial charge on any atom is 0.0107 e. The Hall–Kier alpha value is -0.0800. The number of nitrogens with one attached hydrogen (secondary N) is 1. The Morgan fingerprint density at radius 2 is 1.89 bits per heavy atom. The summed E-state index contributed by atoms with van der Waals surface area (Å²) in [5.74, 6) is 0.913. The quantitative estimate of drug-likeness (QED) is 0.730. The highest BCUT2D eigenvalue weighted by Gasteiger charge is 2.26. The molecule has 0 radical (unpaired) electrons. The summed E-state index contributed by atoms with van der Waals surface area (Å²) in [6, 6.07) is 0. The molecule has 0 aromatic rings. The van der Waals surface area contributed by atoms with Crippen molar-refractivity contribution >= 4 is 0 Å². The van der Waals surface area contributed by atoms with E-state index < -0.39 is 0 Å². The lowest BCUT2D eigenvalue weighted by atomic mass is 9.77. The van der Waals surface area contributed by atoms with Crippen LogP contribution in [0.1, 0.15) is 59.8 Å². The second-order valence-corrected chi connectivity index (χ2v) is 6.94. The Morgan fingerprint density at radius 1 is 1.11 bits per heavy atom. The Kier molecular flexibility index (Phi) is 7.25. The van der Waals surface area contributed by atoms with Crippen molar-refractivity contribution in [3.05, 3.63) is 0 Å². The van der Waals surface area contributed by atoms with Gasteiger partial charge in [0.05, 0.1) is 0 Å². The highest BCUT2D eigenvalue weighted by Crippen LogP contribution is 2.34. The fraction of sp³-hybridized carbons (Fsp3) is 1.00. The van der Waals surface area contributed by atoms with Crippen LogP contribution < -0.4 is 5.32 Å². The highest BCUT2D eigenvalue weighted by atomic mass is 15.1. The molecule has 1 rings (SSSR count). The van der Waals surface area contributed by atoms with E-state index in [4.69, 9.17) is 0 Å². The van der Waals surface area contributed by atoms with E-state index in [1.807, 2.05) is 0 Å². The second-order valence-electron chi connectivity index (χ2n) is 6.94. The molecule has 1 atom stereocenters. The molecule has 1 fully saturated rings. The van der Waals surface area contributed by atoms with Gasteiger partial charge in [-0.2, -0.15) is 0 Å². The van der Waals surface area contributed by atoms with E-state index in [9.17, 15) is 0 Å². The molecule has 1 saturated heterocycles. The van der Waals surface area contributed by atoms with Crippen molar-refractivity contribution in [3.8, 4) is 0 Å². The summed E-state index contributed by atoms with van der Waals surface area (Å²) < 4.78 is 0. The summed E-state index contributed by atoms with van der Waals surface area (Å²) in [5, 5.41) is 3.55. The van der Waals surface area contributed by atoms with Crippen LogP contribution in [0, 0.1) is 11.3 Å². The predicted octanol–water partition coefficient (Wildman–Crippen LogP) is 3.52. The first-order valence-corrected chi connectivity index (χ1v) is 7.97. The van der Waals surface area contributed by atoms with Gasteiger partial charge in [-0.25, -0.2) is 0 Å². The lowest BCUT2D eigenvalue weighted by Gasteiger charge is -2.29. The van der Waals surface area contributed by atoms with Gasteiger partial charge in [-0.05, 0) is 56.7 Å². The van der Waals surface area contributed by atoms with Crippen LogP contribution >= 0.6 is 0 Å². The van der Waals surface area contributed by atoms with Gasteiger partial charge >= 0.3 is 0 Å². The van der Waals surface area contributed by atoms with Gasteiger partial charge in [0.2, 0.25) is 0 Å². The van der Waals surface area contributed by atoms with Crippen molar-refractivity contribution < 1.29 is 0 Å². The Labute approximate surface area is 115 Å². The average molecular weight is 254 g/mol. The van der Waals surface area contributed by atoms with Gasteiger partial charge in [0.1, 0.15) is 0 Å². The fourth-order valence-corrected chi connectivity index (χ4v) is 2.91. The molecule has 18 heavy (non-hydrogen) atoms. The number of hydrogen-bond acceptors (Lipinski definition) is 2. The molecule has 1 N–H and O–H groups in total. The van der Waals surface area contributed by atoms with Crippen LogP contribution in [-0.4, -0.2) is 37.6 Å². The van der Waals surface area contributed by atoms with Crippen molar-refractivity contribution in [2.75, 3.05) is 32.7 Å². The first-order valence-electron chi connectivity index (χ1n) is 7.97. The first kappa shape index (κ1) is 16.0. The molecule has 1 aliphatic rings. The van der Waals surface area contributed by atoms with Crippen molar-refractivity contribution in [1.29, 1.82) is 0 Å². The Morgan fingerprint density at radius 3 is 2.56 bits per heavy atom. The summed E-state index contributed by atoms with van der Waals surface area (Å²) in [6.45, 7) is 15.7. The number of unbranched alkanes of at least 4 members (excludes halogenated alkanes) is 1. The van der Waals surface area contributed by atoms with Gasteiger partial charge in [-0.3, -0.25) is 0 Å². The van der Waals surface area contributed by atoms with Gasteiger partial charge in [0.15, 0.2) is 0 Å². The Balaban J connectivity index is 2.17. The SMILES string of the molecule is CCCCNCCN1CCCC(C(C)(C)C)CC1. The zero-order valence-electron chi connectivity index (χ0n) is 13.1. The van der Waals surface area contributed by atoms with Crippen LogP contribution in [0.15, 0.2) is 0 Å². The van der Waals surface area contributed by atoms with Crippen molar-refractivity contribution in [2.24, 2.45) is 11.3 Å². The van der Waals surface area contributed by atoms with Crippen molar-refractivity contribution in [3.63, 3.8) is 0 Å². The lowest BCUT2D eigenvalue weighted by Crippen LogP contribution is -2.33. The molecule has 0 spiro atoms. The molecule has 1 aliphatic heterocycles. The van der Waals surface area contributed by atoms with E-state index in [1.165, 1.54) is 64.8 Å². The molecule has 108 valence electrons. The van der Waals surface area contributed by atoms with Gasteiger partial charge < -0.3 is 10.2 Å². The normalized spacial score (nSPS) is 23.0. The third kappa shape index (κ3) is 6.19. The van der Waals surface area contributed by atoms with Crippen LogP contribution in [0.2, 0.25) is 0 Å². The summed E-state index contributed by atoms with van der Waals surface area (Å²) in [4.78, 5) is 2.66. The largest absolute Gasteiger partial charge is 0.315 e. The van der Waals surface area contributed by atoms with E-state index in [0.29, 0.717) is 5.41 Å². The zero-order valence-corrected chi connectivity index (χ0v) is 13.1. The maximum absolute atomic E-state index is 3.55. The third-order valence-electron chi connectivity index (χ3n) is 4.36. The summed E-state index contributed by atoms with van der Waals surface area (Å²) >= 11 is 0.